The first-order chi connectivity index (χ1) is 12.6. The second-order valence-corrected chi connectivity index (χ2v) is 6.06. The highest BCUT2D eigenvalue weighted by molar-refractivity contribution is 6.13. The molecule has 0 fully saturated rings. The zero-order chi connectivity index (χ0) is 18.3. The van der Waals surface area contributed by atoms with E-state index in [9.17, 15) is 13.6 Å². The molecule has 0 unspecified atom stereocenters. The van der Waals surface area contributed by atoms with E-state index in [0.717, 1.165) is 29.5 Å². The van der Waals surface area contributed by atoms with Gasteiger partial charge in [-0.2, -0.15) is 5.10 Å². The summed E-state index contributed by atoms with van der Waals surface area (Å²) in [6, 6.07) is 9.62. The van der Waals surface area contributed by atoms with Gasteiger partial charge >= 0.3 is 0 Å². The van der Waals surface area contributed by atoms with Gasteiger partial charge < -0.3 is 10.3 Å². The Morgan fingerprint density at radius 1 is 1.19 bits per heavy atom. The number of fused-ring (bicyclic) bond motifs is 2. The number of aromatic nitrogens is 3. The van der Waals surface area contributed by atoms with Crippen molar-refractivity contribution in [3.8, 4) is 0 Å². The highest BCUT2D eigenvalue weighted by Gasteiger charge is 2.18. The van der Waals surface area contributed by atoms with Crippen LogP contribution in [0.1, 0.15) is 23.8 Å². The average molecular weight is 354 g/mol. The van der Waals surface area contributed by atoms with Crippen molar-refractivity contribution in [2.24, 2.45) is 0 Å². The van der Waals surface area contributed by atoms with Crippen LogP contribution in [0.25, 0.3) is 21.8 Å². The fraction of sp³-hybridized carbons (Fsp3) is 0.158. The summed E-state index contributed by atoms with van der Waals surface area (Å²) in [7, 11) is 0. The molecule has 2 N–H and O–H groups in total. The van der Waals surface area contributed by atoms with Gasteiger partial charge in [-0.25, -0.2) is 8.78 Å². The SMILES string of the molecule is CCCn1nc(C(=O)Nc2c[nH]c3cc(F)c(F)cc23)c2ccccc21. The van der Waals surface area contributed by atoms with Crippen LogP contribution in [0.15, 0.2) is 42.6 Å². The first-order valence-corrected chi connectivity index (χ1v) is 8.31. The van der Waals surface area contributed by atoms with Gasteiger partial charge in [-0.15, -0.1) is 0 Å². The number of amides is 1. The van der Waals surface area contributed by atoms with E-state index < -0.39 is 17.5 Å². The highest BCUT2D eigenvalue weighted by atomic mass is 19.2. The maximum Gasteiger partial charge on any atom is 0.276 e. The number of carbonyl (C=O) groups excluding carboxylic acids is 1. The van der Waals surface area contributed by atoms with Crippen molar-refractivity contribution >= 4 is 33.4 Å². The van der Waals surface area contributed by atoms with E-state index in [1.807, 2.05) is 31.2 Å². The number of aryl methyl sites for hydroxylation is 1. The summed E-state index contributed by atoms with van der Waals surface area (Å²) in [5.74, 6) is -2.31. The lowest BCUT2D eigenvalue weighted by atomic mass is 10.2. The van der Waals surface area contributed by atoms with Gasteiger partial charge in [-0.3, -0.25) is 9.48 Å². The third-order valence-corrected chi connectivity index (χ3v) is 4.28. The van der Waals surface area contributed by atoms with Crippen LogP contribution < -0.4 is 5.32 Å². The summed E-state index contributed by atoms with van der Waals surface area (Å²) < 4.78 is 28.7. The molecule has 0 bridgehead atoms. The number of hydrogen-bond acceptors (Lipinski definition) is 2. The van der Waals surface area contributed by atoms with Gasteiger partial charge in [0.2, 0.25) is 0 Å². The summed E-state index contributed by atoms with van der Waals surface area (Å²) in [5, 5.41) is 8.32. The number of H-pyrrole nitrogens is 1. The molecule has 0 spiro atoms. The maximum atomic E-state index is 13.5. The minimum atomic E-state index is -0.967. The van der Waals surface area contributed by atoms with Crippen LogP contribution in [0.3, 0.4) is 0 Å². The fourth-order valence-electron chi connectivity index (χ4n) is 3.08. The Balaban J connectivity index is 1.73. The number of para-hydroxylation sites is 1. The van der Waals surface area contributed by atoms with E-state index in [1.165, 1.54) is 6.20 Å². The maximum absolute atomic E-state index is 13.5. The topological polar surface area (TPSA) is 62.7 Å². The highest BCUT2D eigenvalue weighted by Crippen LogP contribution is 2.27. The van der Waals surface area contributed by atoms with Crippen molar-refractivity contribution < 1.29 is 13.6 Å². The zero-order valence-corrected chi connectivity index (χ0v) is 14.0. The second kappa shape index (κ2) is 6.25. The normalized spacial score (nSPS) is 11.3. The van der Waals surface area contributed by atoms with E-state index in [-0.39, 0.29) is 0 Å². The van der Waals surface area contributed by atoms with Crippen molar-refractivity contribution in [2.45, 2.75) is 19.9 Å². The van der Waals surface area contributed by atoms with E-state index in [1.54, 1.807) is 4.68 Å². The average Bonchev–Trinajstić information content (AvgIpc) is 3.18. The third-order valence-electron chi connectivity index (χ3n) is 4.28. The second-order valence-electron chi connectivity index (χ2n) is 6.06. The molecule has 0 aliphatic carbocycles. The fourth-order valence-corrected chi connectivity index (χ4v) is 3.08. The van der Waals surface area contributed by atoms with Crippen LogP contribution in [-0.2, 0) is 6.54 Å². The molecule has 0 radical (unpaired) electrons. The Morgan fingerprint density at radius 2 is 1.96 bits per heavy atom. The summed E-state index contributed by atoms with van der Waals surface area (Å²) >= 11 is 0. The standard InChI is InChI=1S/C19H16F2N4O/c1-2-7-25-17-6-4-3-5-11(17)18(24-25)19(26)23-16-10-22-15-9-14(21)13(20)8-12(15)16/h3-6,8-10,22H,2,7H2,1H3,(H,23,26). The van der Waals surface area contributed by atoms with Gasteiger partial charge in [-0.1, -0.05) is 25.1 Å². The molecule has 26 heavy (non-hydrogen) atoms. The monoisotopic (exact) mass is 354 g/mol. The number of benzene rings is 2. The lowest BCUT2D eigenvalue weighted by molar-refractivity contribution is 0.102. The largest absolute Gasteiger partial charge is 0.359 e. The lowest BCUT2D eigenvalue weighted by Crippen LogP contribution is -2.13. The van der Waals surface area contributed by atoms with Crippen molar-refractivity contribution in [1.82, 2.24) is 14.8 Å². The number of nitrogens with one attached hydrogen (secondary N) is 2. The van der Waals surface area contributed by atoms with Crippen LogP contribution in [0.5, 0.6) is 0 Å². The molecule has 5 nitrogen and oxygen atoms in total. The number of rotatable bonds is 4. The van der Waals surface area contributed by atoms with Gasteiger partial charge in [0.25, 0.3) is 5.91 Å². The Morgan fingerprint density at radius 3 is 2.77 bits per heavy atom. The number of halogens is 2. The van der Waals surface area contributed by atoms with Crippen LogP contribution in [0, 0.1) is 11.6 Å². The van der Waals surface area contributed by atoms with Crippen LogP contribution >= 0.6 is 0 Å². The summed E-state index contributed by atoms with van der Waals surface area (Å²) in [6.07, 6.45) is 2.40. The zero-order valence-electron chi connectivity index (χ0n) is 14.0. The molecule has 4 aromatic rings. The van der Waals surface area contributed by atoms with Crippen LogP contribution in [-0.4, -0.2) is 20.7 Å². The third kappa shape index (κ3) is 2.61. The van der Waals surface area contributed by atoms with Gasteiger partial charge in [-0.05, 0) is 18.6 Å². The van der Waals surface area contributed by atoms with Crippen molar-refractivity contribution in [2.75, 3.05) is 5.32 Å². The number of aromatic amines is 1. The molecule has 2 aromatic carbocycles. The number of hydrogen-bond donors (Lipinski definition) is 2. The summed E-state index contributed by atoms with van der Waals surface area (Å²) in [6.45, 7) is 2.74. The molecule has 0 atom stereocenters. The van der Waals surface area contributed by atoms with Gasteiger partial charge in [0, 0.05) is 29.6 Å². The molecule has 2 heterocycles. The molecule has 0 saturated heterocycles. The predicted molar refractivity (Wildman–Crippen MR) is 96.2 cm³/mol. The number of anilines is 1. The van der Waals surface area contributed by atoms with Gasteiger partial charge in [0.1, 0.15) is 0 Å². The number of carbonyl (C=O) groups is 1. The molecule has 4 rings (SSSR count). The van der Waals surface area contributed by atoms with Gasteiger partial charge in [0.05, 0.1) is 16.7 Å². The molecule has 132 valence electrons. The summed E-state index contributed by atoms with van der Waals surface area (Å²) in [5.41, 5.74) is 1.95. The minimum absolute atomic E-state index is 0.297. The molecule has 7 heteroatoms. The van der Waals surface area contributed by atoms with Crippen LogP contribution in [0.4, 0.5) is 14.5 Å². The lowest BCUT2D eigenvalue weighted by Gasteiger charge is -2.02. The van der Waals surface area contributed by atoms with E-state index in [4.69, 9.17) is 0 Å². The Hall–Kier alpha value is -3.22. The molecular weight excluding hydrogens is 338 g/mol. The molecule has 0 aliphatic rings. The van der Waals surface area contributed by atoms with Crippen LogP contribution in [0.2, 0.25) is 0 Å². The smallest absolute Gasteiger partial charge is 0.276 e. The molecule has 0 saturated carbocycles. The van der Waals surface area contributed by atoms with Gasteiger partial charge in [0.15, 0.2) is 17.3 Å². The minimum Gasteiger partial charge on any atom is -0.359 e. The van der Waals surface area contributed by atoms with E-state index >= 15 is 0 Å². The molecule has 0 aliphatic heterocycles. The Labute approximate surface area is 147 Å². The Bertz CT molecular complexity index is 1130. The molecule has 1 amide bonds. The van der Waals surface area contributed by atoms with Crippen molar-refractivity contribution in [3.05, 3.63) is 59.9 Å². The quantitative estimate of drug-likeness (QED) is 0.568. The van der Waals surface area contributed by atoms with E-state index in [0.29, 0.717) is 28.8 Å². The summed E-state index contributed by atoms with van der Waals surface area (Å²) in [4.78, 5) is 15.6. The van der Waals surface area contributed by atoms with E-state index in [2.05, 4.69) is 15.4 Å². The molecular formula is C19H16F2N4O. The Kier molecular flexibility index (Phi) is 3.91. The predicted octanol–water partition coefficient (Wildman–Crippen LogP) is 4.46. The first-order valence-electron chi connectivity index (χ1n) is 8.31. The van der Waals surface area contributed by atoms with Crippen molar-refractivity contribution in [3.63, 3.8) is 0 Å². The van der Waals surface area contributed by atoms with Crippen molar-refractivity contribution in [1.29, 1.82) is 0 Å². The molecule has 2 aromatic heterocycles. The first kappa shape index (κ1) is 16.3. The number of nitrogens with zero attached hydrogens (tertiary/aromatic N) is 2.